The molecule has 1 aromatic carbocycles. The summed E-state index contributed by atoms with van der Waals surface area (Å²) in [5, 5.41) is 2.92. The van der Waals surface area contributed by atoms with Crippen LogP contribution in [0.2, 0.25) is 0 Å². The molecule has 1 aliphatic rings. The molecule has 1 aromatic heterocycles. The van der Waals surface area contributed by atoms with Crippen LogP contribution in [-0.4, -0.2) is 44.0 Å². The first-order valence-corrected chi connectivity index (χ1v) is 8.89. The standard InChI is InChI=1S/C20H24N2O5/c1-25-16-5-6-18(26-2)14(10-16)7-8-21-20(24)15-11-19(23)22(12-15)13-17-4-3-9-27-17/h3-6,9-10,15H,7-8,11-13H2,1-2H3,(H,21,24)/t15-/m0/s1. The van der Waals surface area contributed by atoms with Crippen molar-refractivity contribution < 1.29 is 23.5 Å². The van der Waals surface area contributed by atoms with Crippen LogP contribution >= 0.6 is 0 Å². The van der Waals surface area contributed by atoms with Crippen molar-refractivity contribution in [1.82, 2.24) is 10.2 Å². The highest BCUT2D eigenvalue weighted by Gasteiger charge is 2.34. The van der Waals surface area contributed by atoms with Crippen molar-refractivity contribution in [2.45, 2.75) is 19.4 Å². The van der Waals surface area contributed by atoms with Gasteiger partial charge in [0.05, 0.1) is 32.9 Å². The van der Waals surface area contributed by atoms with E-state index in [0.717, 1.165) is 22.8 Å². The van der Waals surface area contributed by atoms with Crippen LogP contribution in [0.25, 0.3) is 0 Å². The predicted molar refractivity (Wildman–Crippen MR) is 98.5 cm³/mol. The van der Waals surface area contributed by atoms with Crippen molar-refractivity contribution in [3.63, 3.8) is 0 Å². The highest BCUT2D eigenvalue weighted by Crippen LogP contribution is 2.24. The van der Waals surface area contributed by atoms with E-state index in [2.05, 4.69) is 5.32 Å². The summed E-state index contributed by atoms with van der Waals surface area (Å²) in [5.74, 6) is 1.75. The SMILES string of the molecule is COc1ccc(OC)c(CCNC(=O)[C@H]2CC(=O)N(Cc3ccco3)C2)c1. The number of hydrogen-bond acceptors (Lipinski definition) is 5. The minimum atomic E-state index is -0.334. The van der Waals surface area contributed by atoms with Crippen LogP contribution in [0.5, 0.6) is 11.5 Å². The Balaban J connectivity index is 1.50. The van der Waals surface area contributed by atoms with E-state index in [1.165, 1.54) is 0 Å². The van der Waals surface area contributed by atoms with E-state index in [0.29, 0.717) is 26.1 Å². The second-order valence-corrected chi connectivity index (χ2v) is 6.47. The van der Waals surface area contributed by atoms with Gasteiger partial charge >= 0.3 is 0 Å². The number of carbonyl (C=O) groups is 2. The molecule has 1 fully saturated rings. The number of ether oxygens (including phenoxy) is 2. The molecule has 1 N–H and O–H groups in total. The summed E-state index contributed by atoms with van der Waals surface area (Å²) in [4.78, 5) is 26.2. The molecule has 1 atom stereocenters. The van der Waals surface area contributed by atoms with Crippen LogP contribution < -0.4 is 14.8 Å². The van der Waals surface area contributed by atoms with Gasteiger partial charge in [0, 0.05) is 19.5 Å². The molecule has 3 rings (SSSR count). The first-order valence-electron chi connectivity index (χ1n) is 8.89. The van der Waals surface area contributed by atoms with E-state index < -0.39 is 0 Å². The van der Waals surface area contributed by atoms with E-state index in [9.17, 15) is 9.59 Å². The van der Waals surface area contributed by atoms with Gasteiger partial charge in [-0.2, -0.15) is 0 Å². The lowest BCUT2D eigenvalue weighted by Gasteiger charge is -2.15. The van der Waals surface area contributed by atoms with Crippen LogP contribution in [0, 0.1) is 5.92 Å². The number of nitrogens with one attached hydrogen (secondary N) is 1. The first kappa shape index (κ1) is 18.8. The topological polar surface area (TPSA) is 81.0 Å². The fourth-order valence-corrected chi connectivity index (χ4v) is 3.23. The zero-order chi connectivity index (χ0) is 19.2. The maximum Gasteiger partial charge on any atom is 0.225 e. The van der Waals surface area contributed by atoms with Crippen molar-refractivity contribution in [2.24, 2.45) is 5.92 Å². The van der Waals surface area contributed by atoms with Crippen LogP contribution in [0.1, 0.15) is 17.7 Å². The molecule has 7 nitrogen and oxygen atoms in total. The molecule has 2 heterocycles. The number of nitrogens with zero attached hydrogens (tertiary/aromatic N) is 1. The quantitative estimate of drug-likeness (QED) is 0.767. The summed E-state index contributed by atoms with van der Waals surface area (Å²) in [5.41, 5.74) is 0.957. The van der Waals surface area contributed by atoms with Gasteiger partial charge in [0.1, 0.15) is 17.3 Å². The molecule has 0 unspecified atom stereocenters. The summed E-state index contributed by atoms with van der Waals surface area (Å²) >= 11 is 0. The summed E-state index contributed by atoms with van der Waals surface area (Å²) in [7, 11) is 3.22. The fourth-order valence-electron chi connectivity index (χ4n) is 3.23. The Kier molecular flexibility index (Phi) is 6.01. The van der Waals surface area contributed by atoms with Crippen LogP contribution in [-0.2, 0) is 22.6 Å². The number of likely N-dealkylation sites (tertiary alicyclic amines) is 1. The van der Waals surface area contributed by atoms with Gasteiger partial charge in [-0.25, -0.2) is 0 Å². The van der Waals surface area contributed by atoms with E-state index in [1.54, 1.807) is 31.4 Å². The average Bonchev–Trinajstić information content (AvgIpc) is 3.32. The number of amides is 2. The molecule has 1 saturated heterocycles. The van der Waals surface area contributed by atoms with E-state index in [-0.39, 0.29) is 24.2 Å². The lowest BCUT2D eigenvalue weighted by molar-refractivity contribution is -0.129. The number of furan rings is 1. The van der Waals surface area contributed by atoms with E-state index in [4.69, 9.17) is 13.9 Å². The molecule has 0 aliphatic carbocycles. The molecule has 7 heteroatoms. The van der Waals surface area contributed by atoms with Gasteiger partial charge in [-0.15, -0.1) is 0 Å². The maximum atomic E-state index is 12.4. The van der Waals surface area contributed by atoms with Crippen LogP contribution in [0.3, 0.4) is 0 Å². The predicted octanol–water partition coefficient (Wildman–Crippen LogP) is 2.00. The van der Waals surface area contributed by atoms with Gasteiger partial charge in [-0.05, 0) is 42.3 Å². The summed E-state index contributed by atoms with van der Waals surface area (Å²) < 4.78 is 15.9. The fraction of sp³-hybridized carbons (Fsp3) is 0.400. The van der Waals surface area contributed by atoms with Crippen LogP contribution in [0.4, 0.5) is 0 Å². The molecule has 2 amide bonds. The highest BCUT2D eigenvalue weighted by atomic mass is 16.5. The number of methoxy groups -OCH3 is 2. The Morgan fingerprint density at radius 1 is 1.30 bits per heavy atom. The average molecular weight is 372 g/mol. The molecule has 144 valence electrons. The molecular formula is C20H24N2O5. The highest BCUT2D eigenvalue weighted by molar-refractivity contribution is 5.89. The first-order chi connectivity index (χ1) is 13.1. The second kappa shape index (κ2) is 8.62. The van der Waals surface area contributed by atoms with Crippen molar-refractivity contribution >= 4 is 11.8 Å². The summed E-state index contributed by atoms with van der Waals surface area (Å²) in [6.07, 6.45) is 2.42. The zero-order valence-electron chi connectivity index (χ0n) is 15.6. The van der Waals surface area contributed by atoms with Gasteiger partial charge in [0.25, 0.3) is 0 Å². The van der Waals surface area contributed by atoms with Gasteiger partial charge < -0.3 is 24.1 Å². The van der Waals surface area contributed by atoms with Crippen molar-refractivity contribution in [1.29, 1.82) is 0 Å². The minimum absolute atomic E-state index is 0.0268. The Morgan fingerprint density at radius 3 is 2.85 bits per heavy atom. The monoisotopic (exact) mass is 372 g/mol. The van der Waals surface area contributed by atoms with Gasteiger partial charge in [-0.1, -0.05) is 0 Å². The lowest BCUT2D eigenvalue weighted by Crippen LogP contribution is -2.34. The van der Waals surface area contributed by atoms with Gasteiger partial charge in [0.2, 0.25) is 11.8 Å². The number of hydrogen-bond donors (Lipinski definition) is 1. The maximum absolute atomic E-state index is 12.4. The molecule has 1 aliphatic heterocycles. The third-order valence-electron chi connectivity index (χ3n) is 4.69. The van der Waals surface area contributed by atoms with E-state index in [1.807, 2.05) is 24.3 Å². The minimum Gasteiger partial charge on any atom is -0.497 e. The molecule has 27 heavy (non-hydrogen) atoms. The molecular weight excluding hydrogens is 348 g/mol. The summed E-state index contributed by atoms with van der Waals surface area (Å²) in [6, 6.07) is 9.18. The molecule has 0 saturated carbocycles. The smallest absolute Gasteiger partial charge is 0.225 e. The van der Waals surface area contributed by atoms with Crippen molar-refractivity contribution in [3.8, 4) is 11.5 Å². The number of rotatable bonds is 8. The Labute approximate surface area is 158 Å². The van der Waals surface area contributed by atoms with E-state index >= 15 is 0 Å². The van der Waals surface area contributed by atoms with Gasteiger partial charge in [-0.3, -0.25) is 9.59 Å². The third kappa shape index (κ3) is 4.61. The normalized spacial score (nSPS) is 16.4. The molecule has 0 spiro atoms. The Bertz CT molecular complexity index is 788. The summed E-state index contributed by atoms with van der Waals surface area (Å²) in [6.45, 7) is 1.27. The number of benzene rings is 1. The molecule has 0 radical (unpaired) electrons. The van der Waals surface area contributed by atoms with Crippen LogP contribution in [0.15, 0.2) is 41.0 Å². The zero-order valence-corrected chi connectivity index (χ0v) is 15.6. The van der Waals surface area contributed by atoms with Crippen molar-refractivity contribution in [2.75, 3.05) is 27.3 Å². The molecule has 0 bridgehead atoms. The number of carbonyl (C=O) groups excluding carboxylic acids is 2. The van der Waals surface area contributed by atoms with Gasteiger partial charge in [0.15, 0.2) is 0 Å². The largest absolute Gasteiger partial charge is 0.497 e. The third-order valence-corrected chi connectivity index (χ3v) is 4.69. The lowest BCUT2D eigenvalue weighted by atomic mass is 10.1. The Hall–Kier alpha value is -2.96. The van der Waals surface area contributed by atoms with Crippen molar-refractivity contribution in [3.05, 3.63) is 47.9 Å². The second-order valence-electron chi connectivity index (χ2n) is 6.47. The molecule has 2 aromatic rings. The Morgan fingerprint density at radius 2 is 2.15 bits per heavy atom.